The summed E-state index contributed by atoms with van der Waals surface area (Å²) >= 11 is 0. The third-order valence-corrected chi connectivity index (χ3v) is 1.80. The Labute approximate surface area is 64.2 Å². The van der Waals surface area contributed by atoms with Gasteiger partial charge in [-0.25, -0.2) is 0 Å². The van der Waals surface area contributed by atoms with Crippen LogP contribution in [0.15, 0.2) is 29.2 Å². The molecule has 1 aromatic heterocycles. The monoisotopic (exact) mass is 145 g/mol. The van der Waals surface area contributed by atoms with Gasteiger partial charge in [0.05, 0.1) is 11.3 Å². The second kappa shape index (κ2) is 2.02. The van der Waals surface area contributed by atoms with Crippen LogP contribution < -0.4 is 5.43 Å². The van der Waals surface area contributed by atoms with Crippen LogP contribution in [0.25, 0.3) is 11.3 Å². The lowest BCUT2D eigenvalue weighted by atomic mass is 10.3. The van der Waals surface area contributed by atoms with Crippen molar-refractivity contribution in [1.82, 2.24) is 4.98 Å². The highest BCUT2D eigenvalue weighted by atomic mass is 16.1. The van der Waals surface area contributed by atoms with Crippen LogP contribution >= 0.6 is 0 Å². The summed E-state index contributed by atoms with van der Waals surface area (Å²) in [6, 6.07) is 5.57. The van der Waals surface area contributed by atoms with Gasteiger partial charge >= 0.3 is 0 Å². The molecule has 0 unspecified atom stereocenters. The molecule has 0 atom stereocenters. The van der Waals surface area contributed by atoms with E-state index >= 15 is 0 Å². The Balaban J connectivity index is 2.48. The van der Waals surface area contributed by atoms with Gasteiger partial charge in [0.2, 0.25) is 0 Å². The zero-order valence-electron chi connectivity index (χ0n) is 6.16. The molecule has 0 bridgehead atoms. The number of pyridine rings is 1. The molecule has 1 heterocycles. The van der Waals surface area contributed by atoms with Gasteiger partial charge in [-0.3, -0.25) is 9.78 Å². The number of rotatable bonds is 1. The summed E-state index contributed by atoms with van der Waals surface area (Å²) in [4.78, 5) is 15.0. The van der Waals surface area contributed by atoms with Crippen molar-refractivity contribution in [2.24, 2.45) is 0 Å². The summed E-state index contributed by atoms with van der Waals surface area (Å²) in [6.45, 7) is 1.83. The van der Waals surface area contributed by atoms with Crippen molar-refractivity contribution >= 4 is 0 Å². The fourth-order valence-electron chi connectivity index (χ4n) is 1.08. The highest BCUT2D eigenvalue weighted by molar-refractivity contribution is 5.72. The Morgan fingerprint density at radius 3 is 2.55 bits per heavy atom. The molecule has 2 nitrogen and oxygen atoms in total. The predicted molar refractivity (Wildman–Crippen MR) is 43.1 cm³/mol. The van der Waals surface area contributed by atoms with Gasteiger partial charge in [0, 0.05) is 11.8 Å². The van der Waals surface area contributed by atoms with Gasteiger partial charge in [-0.1, -0.05) is 6.07 Å². The van der Waals surface area contributed by atoms with E-state index in [2.05, 4.69) is 4.98 Å². The predicted octanol–water partition coefficient (Wildman–Crippen LogP) is 1.29. The molecule has 0 aliphatic carbocycles. The molecule has 0 N–H and O–H groups in total. The standard InChI is InChI=1S/C9H7NO/c1-6-8(9(6)11)7-4-2-3-5-10-7/h2-5H,1H3. The van der Waals surface area contributed by atoms with E-state index in [1.54, 1.807) is 6.20 Å². The highest BCUT2D eigenvalue weighted by Gasteiger charge is 2.19. The van der Waals surface area contributed by atoms with E-state index in [0.717, 1.165) is 16.8 Å². The quantitative estimate of drug-likeness (QED) is 0.605. The molecular weight excluding hydrogens is 138 g/mol. The van der Waals surface area contributed by atoms with Gasteiger partial charge in [0.15, 0.2) is 5.43 Å². The van der Waals surface area contributed by atoms with Crippen molar-refractivity contribution in [1.29, 1.82) is 0 Å². The van der Waals surface area contributed by atoms with E-state index in [4.69, 9.17) is 0 Å². The first kappa shape index (κ1) is 6.28. The lowest BCUT2D eigenvalue weighted by molar-refractivity contribution is 1.34. The second-order valence-electron chi connectivity index (χ2n) is 2.54. The molecule has 11 heavy (non-hydrogen) atoms. The van der Waals surface area contributed by atoms with E-state index in [9.17, 15) is 4.79 Å². The maximum absolute atomic E-state index is 10.9. The molecular formula is C9H7NO. The van der Waals surface area contributed by atoms with Crippen molar-refractivity contribution in [3.05, 3.63) is 40.2 Å². The molecule has 0 amide bonds. The van der Waals surface area contributed by atoms with Crippen LogP contribution in [0.1, 0.15) is 5.56 Å². The summed E-state index contributed by atoms with van der Waals surface area (Å²) in [5.74, 6) is 0. The third-order valence-electron chi connectivity index (χ3n) is 1.80. The number of nitrogens with zero attached hydrogens (tertiary/aromatic N) is 1. The zero-order chi connectivity index (χ0) is 7.84. The maximum atomic E-state index is 10.9. The molecule has 0 aliphatic heterocycles. The summed E-state index contributed by atoms with van der Waals surface area (Å²) in [5.41, 5.74) is 2.60. The largest absolute Gasteiger partial charge is 0.289 e. The molecule has 2 rings (SSSR count). The molecule has 1 aromatic carbocycles. The second-order valence-corrected chi connectivity index (χ2v) is 2.54. The molecule has 2 heteroatoms. The lowest BCUT2D eigenvalue weighted by Gasteiger charge is -1.86. The Bertz CT molecular complexity index is 382. The lowest BCUT2D eigenvalue weighted by Crippen LogP contribution is -1.79. The van der Waals surface area contributed by atoms with Crippen molar-refractivity contribution in [3.8, 4) is 11.3 Å². The Morgan fingerprint density at radius 2 is 2.09 bits per heavy atom. The van der Waals surface area contributed by atoms with E-state index in [1.165, 1.54) is 0 Å². The van der Waals surface area contributed by atoms with E-state index in [1.807, 2.05) is 25.1 Å². The normalized spacial score (nSPS) is 10.6. The van der Waals surface area contributed by atoms with Crippen molar-refractivity contribution in [3.63, 3.8) is 0 Å². The molecule has 0 saturated carbocycles. The number of hydrogen-bond acceptors (Lipinski definition) is 2. The Hall–Kier alpha value is -1.44. The average Bonchev–Trinajstić information content (AvgIpc) is 2.62. The van der Waals surface area contributed by atoms with Crippen LogP contribution in [0, 0.1) is 6.92 Å². The first-order valence-electron chi connectivity index (χ1n) is 3.47. The van der Waals surface area contributed by atoms with Crippen LogP contribution in [0.3, 0.4) is 0 Å². The van der Waals surface area contributed by atoms with Gasteiger partial charge < -0.3 is 0 Å². The molecule has 54 valence electrons. The van der Waals surface area contributed by atoms with Crippen LogP contribution in [0.2, 0.25) is 0 Å². The summed E-state index contributed by atoms with van der Waals surface area (Å²) in [6.07, 6.45) is 1.70. The molecule has 0 fully saturated rings. The summed E-state index contributed by atoms with van der Waals surface area (Å²) < 4.78 is 0. The van der Waals surface area contributed by atoms with E-state index < -0.39 is 0 Å². The minimum absolute atomic E-state index is 0.156. The van der Waals surface area contributed by atoms with Crippen LogP contribution in [0.5, 0.6) is 0 Å². The molecule has 0 aliphatic rings. The van der Waals surface area contributed by atoms with Crippen molar-refractivity contribution in [2.45, 2.75) is 6.92 Å². The van der Waals surface area contributed by atoms with Gasteiger partial charge in [0.25, 0.3) is 0 Å². The topological polar surface area (TPSA) is 30.0 Å². The SMILES string of the molecule is Cc1c(-c2ccccn2)c1=O. The van der Waals surface area contributed by atoms with Crippen LogP contribution in [-0.2, 0) is 0 Å². The first-order chi connectivity index (χ1) is 5.30. The summed E-state index contributed by atoms with van der Waals surface area (Å²) in [7, 11) is 0. The third kappa shape index (κ3) is 0.871. The minimum Gasteiger partial charge on any atom is -0.289 e. The number of aromatic nitrogens is 1. The van der Waals surface area contributed by atoms with Crippen molar-refractivity contribution < 1.29 is 0 Å². The molecule has 2 aromatic rings. The fourth-order valence-corrected chi connectivity index (χ4v) is 1.08. The van der Waals surface area contributed by atoms with Gasteiger partial charge in [-0.15, -0.1) is 0 Å². The Morgan fingerprint density at radius 1 is 1.36 bits per heavy atom. The van der Waals surface area contributed by atoms with E-state index in [-0.39, 0.29) is 5.43 Å². The smallest absolute Gasteiger partial charge is 0.192 e. The van der Waals surface area contributed by atoms with Crippen LogP contribution in [-0.4, -0.2) is 4.98 Å². The van der Waals surface area contributed by atoms with E-state index in [0.29, 0.717) is 0 Å². The maximum Gasteiger partial charge on any atom is 0.192 e. The Kier molecular flexibility index (Phi) is 1.15. The molecule has 0 saturated heterocycles. The number of hydrogen-bond donors (Lipinski definition) is 0. The van der Waals surface area contributed by atoms with Gasteiger partial charge in [0.1, 0.15) is 0 Å². The van der Waals surface area contributed by atoms with Gasteiger partial charge in [-0.05, 0) is 19.1 Å². The first-order valence-corrected chi connectivity index (χ1v) is 3.47. The molecule has 0 radical (unpaired) electrons. The van der Waals surface area contributed by atoms with Gasteiger partial charge in [-0.2, -0.15) is 0 Å². The van der Waals surface area contributed by atoms with Crippen LogP contribution in [0.4, 0.5) is 0 Å². The van der Waals surface area contributed by atoms with Crippen molar-refractivity contribution in [2.75, 3.05) is 0 Å². The summed E-state index contributed by atoms with van der Waals surface area (Å²) in [5, 5.41) is 0. The highest BCUT2D eigenvalue weighted by Crippen LogP contribution is 2.20. The average molecular weight is 145 g/mol. The zero-order valence-corrected chi connectivity index (χ0v) is 6.16. The fraction of sp³-hybridized carbons (Fsp3) is 0.111. The molecule has 0 spiro atoms. The minimum atomic E-state index is 0.156.